The molecule has 0 amide bonds. The van der Waals surface area contributed by atoms with E-state index in [0.29, 0.717) is 0 Å². The molecule has 1 aliphatic rings. The van der Waals surface area contributed by atoms with Crippen molar-refractivity contribution in [1.82, 2.24) is 15.5 Å². The van der Waals surface area contributed by atoms with Crippen molar-refractivity contribution in [2.75, 3.05) is 26.7 Å². The molecule has 1 atom stereocenters. The molecule has 7 heteroatoms. The molecule has 0 aromatic carbocycles. The van der Waals surface area contributed by atoms with Gasteiger partial charge in [0, 0.05) is 18.5 Å². The number of hydrogen-bond donors (Lipinski definition) is 2. The molecule has 1 unspecified atom stereocenters. The number of guanidine groups is 1. The minimum absolute atomic E-state index is 0. The van der Waals surface area contributed by atoms with Gasteiger partial charge in [-0.2, -0.15) is 0 Å². The van der Waals surface area contributed by atoms with Gasteiger partial charge in [-0.1, -0.05) is 6.07 Å². The Morgan fingerprint density at radius 1 is 1.28 bits per heavy atom. The number of aliphatic imine (C=N–C) groups is 1. The molecule has 0 spiro atoms. The Morgan fingerprint density at radius 2 is 2.08 bits per heavy atom. The quantitative estimate of drug-likeness (QED) is 0.380. The lowest BCUT2D eigenvalue weighted by atomic mass is 10.2. The maximum absolute atomic E-state index is 5.90. The second-order valence-electron chi connectivity index (χ2n) is 6.09. The van der Waals surface area contributed by atoms with E-state index in [1.165, 1.54) is 17.7 Å². The molecule has 2 aromatic rings. The fraction of sp³-hybridized carbons (Fsp3) is 0.500. The number of nitrogens with one attached hydrogen (secondary N) is 2. The van der Waals surface area contributed by atoms with Crippen LogP contribution in [-0.2, 0) is 6.54 Å². The summed E-state index contributed by atoms with van der Waals surface area (Å²) in [4.78, 5) is 8.13. The van der Waals surface area contributed by atoms with Crippen LogP contribution in [0.5, 0.6) is 0 Å². The average molecular weight is 474 g/mol. The van der Waals surface area contributed by atoms with Crippen LogP contribution >= 0.6 is 35.3 Å². The normalized spacial score (nSPS) is 16.5. The number of halogens is 1. The third-order valence-corrected chi connectivity index (χ3v) is 5.24. The lowest BCUT2D eigenvalue weighted by Crippen LogP contribution is -2.42. The summed E-state index contributed by atoms with van der Waals surface area (Å²) in [5.74, 6) is 2.83. The molecule has 2 N–H and O–H groups in total. The smallest absolute Gasteiger partial charge is 0.191 e. The molecule has 1 fully saturated rings. The van der Waals surface area contributed by atoms with Gasteiger partial charge in [-0.25, -0.2) is 0 Å². The van der Waals surface area contributed by atoms with Crippen LogP contribution in [0, 0.1) is 6.92 Å². The van der Waals surface area contributed by atoms with Crippen molar-refractivity contribution in [3.63, 3.8) is 0 Å². The van der Waals surface area contributed by atoms with Crippen LogP contribution in [0.1, 0.15) is 35.3 Å². The zero-order valence-electron chi connectivity index (χ0n) is 14.8. The van der Waals surface area contributed by atoms with Crippen molar-refractivity contribution in [1.29, 1.82) is 0 Å². The summed E-state index contributed by atoms with van der Waals surface area (Å²) in [6, 6.07) is 8.59. The van der Waals surface area contributed by atoms with Crippen LogP contribution in [0.25, 0.3) is 0 Å². The predicted molar refractivity (Wildman–Crippen MR) is 115 cm³/mol. The number of aryl methyl sites for hydroxylation is 1. The Morgan fingerprint density at radius 3 is 2.68 bits per heavy atom. The summed E-state index contributed by atoms with van der Waals surface area (Å²) < 4.78 is 5.90. The Bertz CT molecular complexity index is 650. The van der Waals surface area contributed by atoms with Gasteiger partial charge in [-0.3, -0.25) is 9.89 Å². The van der Waals surface area contributed by atoms with Crippen molar-refractivity contribution >= 4 is 41.3 Å². The zero-order chi connectivity index (χ0) is 16.8. The first-order valence-corrected chi connectivity index (χ1v) is 9.41. The van der Waals surface area contributed by atoms with E-state index < -0.39 is 0 Å². The van der Waals surface area contributed by atoms with Gasteiger partial charge in [0.25, 0.3) is 0 Å². The maximum atomic E-state index is 5.90. The number of thiophene rings is 1. The summed E-state index contributed by atoms with van der Waals surface area (Å²) in [7, 11) is 1.81. The first kappa shape index (κ1) is 20.3. The van der Waals surface area contributed by atoms with Gasteiger partial charge in [-0.15, -0.1) is 35.3 Å². The highest BCUT2D eigenvalue weighted by atomic mass is 127. The average Bonchev–Trinajstić information content (AvgIpc) is 3.33. The number of nitrogens with zero attached hydrogens (tertiary/aromatic N) is 2. The first-order chi connectivity index (χ1) is 11.8. The van der Waals surface area contributed by atoms with Gasteiger partial charge in [0.05, 0.1) is 12.6 Å². The third-order valence-electron chi connectivity index (χ3n) is 4.37. The Hall–Kier alpha value is -1.06. The predicted octanol–water partition coefficient (Wildman–Crippen LogP) is 3.77. The second kappa shape index (κ2) is 10.2. The highest BCUT2D eigenvalue weighted by Crippen LogP contribution is 2.26. The zero-order valence-corrected chi connectivity index (χ0v) is 18.0. The van der Waals surface area contributed by atoms with Crippen LogP contribution in [0.2, 0.25) is 0 Å². The molecule has 138 valence electrons. The van der Waals surface area contributed by atoms with Gasteiger partial charge in [0.15, 0.2) is 5.96 Å². The molecular formula is C18H27IN4OS. The SMILES string of the molecule is CN=C(NCc1cccs1)NCC(c1ccc(C)o1)N1CCCC1.I. The van der Waals surface area contributed by atoms with E-state index in [2.05, 4.69) is 44.1 Å². The van der Waals surface area contributed by atoms with E-state index in [-0.39, 0.29) is 30.0 Å². The molecule has 0 radical (unpaired) electrons. The molecule has 3 heterocycles. The van der Waals surface area contributed by atoms with Crippen LogP contribution < -0.4 is 10.6 Å². The molecule has 0 aliphatic carbocycles. The standard InChI is InChI=1S/C18H26N4OS.HI/c1-14-7-8-17(23-14)16(22-9-3-4-10-22)13-21-18(19-2)20-12-15-6-5-11-24-15;/h5-8,11,16H,3-4,9-10,12-13H2,1-2H3,(H2,19,20,21);1H. The minimum Gasteiger partial charge on any atom is -0.465 e. The van der Waals surface area contributed by atoms with E-state index >= 15 is 0 Å². The largest absolute Gasteiger partial charge is 0.465 e. The molecule has 3 rings (SSSR count). The highest BCUT2D eigenvalue weighted by Gasteiger charge is 2.26. The molecular weight excluding hydrogens is 447 g/mol. The lowest BCUT2D eigenvalue weighted by molar-refractivity contribution is 0.213. The van der Waals surface area contributed by atoms with Gasteiger partial charge in [0.2, 0.25) is 0 Å². The monoisotopic (exact) mass is 474 g/mol. The van der Waals surface area contributed by atoms with Crippen molar-refractivity contribution in [2.24, 2.45) is 4.99 Å². The van der Waals surface area contributed by atoms with Crippen molar-refractivity contribution in [3.05, 3.63) is 46.0 Å². The van der Waals surface area contributed by atoms with E-state index in [0.717, 1.165) is 43.7 Å². The Balaban J connectivity index is 0.00000225. The summed E-state index contributed by atoms with van der Waals surface area (Å²) in [5, 5.41) is 8.93. The molecule has 0 bridgehead atoms. The fourth-order valence-electron chi connectivity index (χ4n) is 3.09. The summed E-state index contributed by atoms with van der Waals surface area (Å²) in [6.45, 7) is 5.85. The number of hydrogen-bond acceptors (Lipinski definition) is 4. The molecule has 1 aliphatic heterocycles. The van der Waals surface area contributed by atoms with Crippen molar-refractivity contribution in [2.45, 2.75) is 32.4 Å². The first-order valence-electron chi connectivity index (χ1n) is 8.53. The third kappa shape index (κ3) is 5.72. The summed E-state index contributed by atoms with van der Waals surface area (Å²) >= 11 is 1.75. The maximum Gasteiger partial charge on any atom is 0.191 e. The number of rotatable bonds is 6. The van der Waals surface area contributed by atoms with Gasteiger partial charge < -0.3 is 15.1 Å². The molecule has 25 heavy (non-hydrogen) atoms. The molecule has 5 nitrogen and oxygen atoms in total. The van der Waals surface area contributed by atoms with Crippen LogP contribution in [0.3, 0.4) is 0 Å². The summed E-state index contributed by atoms with van der Waals surface area (Å²) in [5.41, 5.74) is 0. The van der Waals surface area contributed by atoms with E-state index in [4.69, 9.17) is 4.42 Å². The van der Waals surface area contributed by atoms with E-state index in [1.807, 2.05) is 20.0 Å². The van der Waals surface area contributed by atoms with Gasteiger partial charge in [0.1, 0.15) is 11.5 Å². The van der Waals surface area contributed by atoms with E-state index in [1.54, 1.807) is 11.3 Å². The summed E-state index contributed by atoms with van der Waals surface area (Å²) in [6.07, 6.45) is 2.53. The topological polar surface area (TPSA) is 52.8 Å². The van der Waals surface area contributed by atoms with Crippen molar-refractivity contribution < 1.29 is 4.42 Å². The molecule has 0 saturated carbocycles. The van der Waals surface area contributed by atoms with E-state index in [9.17, 15) is 0 Å². The molecule has 2 aromatic heterocycles. The number of furan rings is 1. The second-order valence-corrected chi connectivity index (χ2v) is 7.13. The van der Waals surface area contributed by atoms with Crippen LogP contribution in [0.15, 0.2) is 39.1 Å². The van der Waals surface area contributed by atoms with Crippen LogP contribution in [0.4, 0.5) is 0 Å². The number of likely N-dealkylation sites (tertiary alicyclic amines) is 1. The van der Waals surface area contributed by atoms with Crippen LogP contribution in [-0.4, -0.2) is 37.5 Å². The Kier molecular flexibility index (Phi) is 8.25. The van der Waals surface area contributed by atoms with Gasteiger partial charge >= 0.3 is 0 Å². The highest BCUT2D eigenvalue weighted by molar-refractivity contribution is 14.0. The molecule has 1 saturated heterocycles. The minimum atomic E-state index is 0. The lowest BCUT2D eigenvalue weighted by Gasteiger charge is -2.26. The van der Waals surface area contributed by atoms with Gasteiger partial charge in [-0.05, 0) is 56.4 Å². The Labute approximate surface area is 170 Å². The fourth-order valence-corrected chi connectivity index (χ4v) is 3.74. The van der Waals surface area contributed by atoms with Crippen molar-refractivity contribution in [3.8, 4) is 0 Å².